The quantitative estimate of drug-likeness (QED) is 0.320. The minimum absolute atomic E-state index is 0.0285. The lowest BCUT2D eigenvalue weighted by Crippen LogP contribution is -2.30. The second-order valence-corrected chi connectivity index (χ2v) is 7.41. The fourth-order valence-corrected chi connectivity index (χ4v) is 3.28. The van der Waals surface area contributed by atoms with Crippen LogP contribution in [0.15, 0.2) is 63.6 Å². The van der Waals surface area contributed by atoms with Crippen LogP contribution in [0, 0.1) is 0 Å². The van der Waals surface area contributed by atoms with Crippen LogP contribution in [0.3, 0.4) is 0 Å². The Labute approximate surface area is 196 Å². The summed E-state index contributed by atoms with van der Waals surface area (Å²) in [6, 6.07) is 13.6. The van der Waals surface area contributed by atoms with Gasteiger partial charge in [-0.25, -0.2) is 0 Å². The third-order valence-electron chi connectivity index (χ3n) is 5.01. The molecule has 3 N–H and O–H groups in total. The van der Waals surface area contributed by atoms with Crippen molar-refractivity contribution >= 4 is 5.91 Å². The molecular weight excluding hydrogens is 469 g/mol. The summed E-state index contributed by atoms with van der Waals surface area (Å²) in [6.45, 7) is 0.119. The van der Waals surface area contributed by atoms with Crippen molar-refractivity contribution in [2.24, 2.45) is 0 Å². The third-order valence-corrected chi connectivity index (χ3v) is 5.01. The molecule has 0 saturated carbocycles. The number of carbonyl (C=O) groups excluding carboxylic acids is 1. The molecule has 0 fully saturated rings. The van der Waals surface area contributed by atoms with E-state index in [4.69, 9.17) is 14.2 Å². The molecule has 2 heterocycles. The number of nitrogens with zero attached hydrogens (tertiary/aromatic N) is 3. The largest absolute Gasteiger partial charge is 0.422 e. The van der Waals surface area contributed by atoms with Crippen LogP contribution in [-0.2, 0) is 11.0 Å². The number of hydrogen-bond acceptors (Lipinski definition) is 8. The van der Waals surface area contributed by atoms with Gasteiger partial charge in [-0.3, -0.25) is 4.79 Å². The fourth-order valence-electron chi connectivity index (χ4n) is 3.28. The first-order valence-corrected chi connectivity index (χ1v) is 10.4. The SMILES string of the molecule is O=C(NCCCO)C(O)c1ccc(-c2noc(-c3onc(-c4ccccc4)c3C(F)(F)F)n2)cc1. The molecule has 0 aliphatic carbocycles. The highest BCUT2D eigenvalue weighted by molar-refractivity contribution is 5.82. The summed E-state index contributed by atoms with van der Waals surface area (Å²) in [7, 11) is 0. The van der Waals surface area contributed by atoms with Crippen molar-refractivity contribution in [2.75, 3.05) is 13.2 Å². The van der Waals surface area contributed by atoms with Crippen LogP contribution in [0.25, 0.3) is 34.3 Å². The van der Waals surface area contributed by atoms with Gasteiger partial charge in [0.25, 0.3) is 11.8 Å². The van der Waals surface area contributed by atoms with Crippen LogP contribution in [0.1, 0.15) is 23.7 Å². The molecule has 1 unspecified atom stereocenters. The Bertz CT molecular complexity index is 1290. The monoisotopic (exact) mass is 488 g/mol. The minimum Gasteiger partial charge on any atom is -0.396 e. The third kappa shape index (κ3) is 5.23. The van der Waals surface area contributed by atoms with Gasteiger partial charge in [0.05, 0.1) is 0 Å². The number of benzene rings is 2. The fraction of sp³-hybridized carbons (Fsp3) is 0.217. The average molecular weight is 488 g/mol. The number of alkyl halides is 3. The summed E-state index contributed by atoms with van der Waals surface area (Å²) in [4.78, 5) is 16.0. The first-order valence-electron chi connectivity index (χ1n) is 10.4. The van der Waals surface area contributed by atoms with Crippen molar-refractivity contribution in [3.05, 3.63) is 65.7 Å². The van der Waals surface area contributed by atoms with E-state index in [0.717, 1.165) is 0 Å². The molecule has 0 radical (unpaired) electrons. The van der Waals surface area contributed by atoms with Gasteiger partial charge in [-0.05, 0) is 12.0 Å². The summed E-state index contributed by atoms with van der Waals surface area (Å²) in [6.07, 6.45) is -5.89. The smallest absolute Gasteiger partial charge is 0.396 e. The molecule has 12 heteroatoms. The first-order chi connectivity index (χ1) is 16.8. The summed E-state index contributed by atoms with van der Waals surface area (Å²) < 4.78 is 51.6. The maximum Gasteiger partial charge on any atom is 0.422 e. The zero-order valence-electron chi connectivity index (χ0n) is 18.0. The second-order valence-electron chi connectivity index (χ2n) is 7.41. The molecule has 0 aliphatic heterocycles. The van der Waals surface area contributed by atoms with Crippen LogP contribution in [0.4, 0.5) is 13.2 Å². The van der Waals surface area contributed by atoms with Crippen LogP contribution < -0.4 is 5.32 Å². The van der Waals surface area contributed by atoms with E-state index < -0.39 is 41.1 Å². The Morgan fingerprint density at radius 1 is 1.00 bits per heavy atom. The van der Waals surface area contributed by atoms with Gasteiger partial charge in [0.15, 0.2) is 6.10 Å². The molecule has 2 aromatic heterocycles. The maximum atomic E-state index is 13.9. The minimum atomic E-state index is -4.80. The molecule has 0 spiro atoms. The topological polar surface area (TPSA) is 135 Å². The van der Waals surface area contributed by atoms with Crippen LogP contribution in [-0.4, -0.2) is 44.6 Å². The van der Waals surface area contributed by atoms with Crippen molar-refractivity contribution in [1.82, 2.24) is 20.6 Å². The molecule has 2 aromatic carbocycles. The Balaban J connectivity index is 1.58. The summed E-state index contributed by atoms with van der Waals surface area (Å²) in [5, 5.41) is 28.7. The van der Waals surface area contributed by atoms with Gasteiger partial charge in [-0.2, -0.15) is 18.2 Å². The van der Waals surface area contributed by atoms with Gasteiger partial charge in [0, 0.05) is 24.3 Å². The van der Waals surface area contributed by atoms with E-state index in [9.17, 15) is 23.1 Å². The van der Waals surface area contributed by atoms with Gasteiger partial charge < -0.3 is 24.6 Å². The standard InChI is InChI=1S/C23H19F3N4O5/c24-23(25,26)16-17(13-5-2-1-3-6-13)29-34-19(16)22-28-20(30-35-22)15-9-7-14(8-10-15)18(32)21(33)27-11-4-12-31/h1-3,5-10,18,31-32H,4,11-12H2,(H,27,33). The lowest BCUT2D eigenvalue weighted by atomic mass is 10.1. The van der Waals surface area contributed by atoms with E-state index >= 15 is 0 Å². The maximum absolute atomic E-state index is 13.9. The van der Waals surface area contributed by atoms with Crippen LogP contribution in [0.5, 0.6) is 0 Å². The summed E-state index contributed by atoms with van der Waals surface area (Å²) in [5.41, 5.74) is -0.675. The Morgan fingerprint density at radius 3 is 2.37 bits per heavy atom. The van der Waals surface area contributed by atoms with Gasteiger partial charge in [-0.1, -0.05) is 64.9 Å². The van der Waals surface area contributed by atoms with E-state index in [0.29, 0.717) is 12.0 Å². The van der Waals surface area contributed by atoms with Crippen molar-refractivity contribution in [3.63, 3.8) is 0 Å². The number of nitrogens with one attached hydrogen (secondary N) is 1. The van der Waals surface area contributed by atoms with E-state index in [1.165, 1.54) is 36.4 Å². The molecule has 4 aromatic rings. The number of aliphatic hydroxyl groups is 2. The number of carbonyl (C=O) groups is 1. The Hall–Kier alpha value is -4.03. The lowest BCUT2D eigenvalue weighted by Gasteiger charge is -2.11. The molecule has 0 aliphatic rings. The highest BCUT2D eigenvalue weighted by atomic mass is 19.4. The molecule has 4 rings (SSSR count). The predicted octanol–water partition coefficient (Wildman–Crippen LogP) is 3.61. The number of hydrogen-bond donors (Lipinski definition) is 3. The van der Waals surface area contributed by atoms with Crippen molar-refractivity contribution in [1.29, 1.82) is 0 Å². The zero-order chi connectivity index (χ0) is 25.0. The van der Waals surface area contributed by atoms with Gasteiger partial charge in [0.2, 0.25) is 11.6 Å². The van der Waals surface area contributed by atoms with Gasteiger partial charge >= 0.3 is 6.18 Å². The normalized spacial score (nSPS) is 12.5. The highest BCUT2D eigenvalue weighted by Gasteiger charge is 2.42. The van der Waals surface area contributed by atoms with E-state index in [-0.39, 0.29) is 30.1 Å². The molecule has 1 atom stereocenters. The van der Waals surface area contributed by atoms with E-state index in [1.807, 2.05) is 0 Å². The number of amides is 1. The highest BCUT2D eigenvalue weighted by Crippen LogP contribution is 2.43. The van der Waals surface area contributed by atoms with Crippen molar-refractivity contribution in [3.8, 4) is 34.3 Å². The lowest BCUT2D eigenvalue weighted by molar-refractivity contribution is -0.137. The number of halogens is 3. The molecule has 1 amide bonds. The summed E-state index contributed by atoms with van der Waals surface area (Å²) in [5.74, 6) is -1.87. The van der Waals surface area contributed by atoms with Crippen LogP contribution in [0.2, 0.25) is 0 Å². The first kappa shape index (κ1) is 24.1. The molecule has 9 nitrogen and oxygen atoms in total. The second kappa shape index (κ2) is 10.1. The molecule has 0 bridgehead atoms. The summed E-state index contributed by atoms with van der Waals surface area (Å²) >= 11 is 0. The van der Waals surface area contributed by atoms with Crippen LogP contribution >= 0.6 is 0 Å². The number of aliphatic hydroxyl groups excluding tert-OH is 2. The number of rotatable bonds is 8. The molecular formula is C23H19F3N4O5. The molecule has 0 saturated heterocycles. The van der Waals surface area contributed by atoms with Crippen molar-refractivity contribution in [2.45, 2.75) is 18.7 Å². The van der Waals surface area contributed by atoms with Crippen molar-refractivity contribution < 1.29 is 37.2 Å². The zero-order valence-corrected chi connectivity index (χ0v) is 18.0. The van der Waals surface area contributed by atoms with Gasteiger partial charge in [0.1, 0.15) is 11.3 Å². The van der Waals surface area contributed by atoms with E-state index in [2.05, 4.69) is 20.6 Å². The average Bonchev–Trinajstić information content (AvgIpc) is 3.52. The molecule has 182 valence electrons. The number of aromatic nitrogens is 3. The Morgan fingerprint density at radius 2 is 1.71 bits per heavy atom. The Kier molecular flexibility index (Phi) is 6.94. The van der Waals surface area contributed by atoms with E-state index in [1.54, 1.807) is 18.2 Å². The van der Waals surface area contributed by atoms with Gasteiger partial charge in [-0.15, -0.1) is 0 Å². The molecule has 35 heavy (non-hydrogen) atoms. The predicted molar refractivity (Wildman–Crippen MR) is 115 cm³/mol.